The zero-order chi connectivity index (χ0) is 17.8. The molecule has 0 aromatic heterocycles. The van der Waals surface area contributed by atoms with Crippen molar-refractivity contribution < 1.29 is 4.74 Å². The van der Waals surface area contributed by atoms with Crippen molar-refractivity contribution in [2.45, 2.75) is 80.3 Å². The summed E-state index contributed by atoms with van der Waals surface area (Å²) in [6, 6.07) is 1.31. The van der Waals surface area contributed by atoms with E-state index >= 15 is 0 Å². The molecule has 0 aliphatic rings. The van der Waals surface area contributed by atoms with Crippen LogP contribution in [0.2, 0.25) is 0 Å². The molecule has 0 aromatic carbocycles. The van der Waals surface area contributed by atoms with Crippen LogP contribution in [0.3, 0.4) is 0 Å². The molecule has 3 nitrogen and oxygen atoms in total. The van der Waals surface area contributed by atoms with Gasteiger partial charge in [0, 0.05) is 25.3 Å². The van der Waals surface area contributed by atoms with Crippen LogP contribution in [0.25, 0.3) is 0 Å². The number of nitrogens with zero attached hydrogens (tertiary/aromatic N) is 2. The topological polar surface area (TPSA) is 15.7 Å². The van der Waals surface area contributed by atoms with Gasteiger partial charge in [0.15, 0.2) is 0 Å². The summed E-state index contributed by atoms with van der Waals surface area (Å²) in [6.07, 6.45) is 2.46. The lowest BCUT2D eigenvalue weighted by molar-refractivity contribution is 0.0584. The third kappa shape index (κ3) is 9.69. The van der Waals surface area contributed by atoms with Crippen molar-refractivity contribution in [2.75, 3.05) is 39.4 Å². The SMILES string of the molecule is CCN(CC)C(C)CC(C)COCC(C)CC(C)N(CC)CC. The van der Waals surface area contributed by atoms with E-state index < -0.39 is 0 Å². The van der Waals surface area contributed by atoms with Gasteiger partial charge in [0.05, 0.1) is 0 Å². The maximum absolute atomic E-state index is 6.02. The molecular formula is C20H44N2O. The summed E-state index contributed by atoms with van der Waals surface area (Å²) in [4.78, 5) is 5.07. The molecule has 0 fully saturated rings. The van der Waals surface area contributed by atoms with E-state index in [0.717, 1.165) is 39.4 Å². The van der Waals surface area contributed by atoms with Gasteiger partial charge >= 0.3 is 0 Å². The number of ether oxygens (including phenoxy) is 1. The first-order valence-electron chi connectivity index (χ1n) is 9.95. The van der Waals surface area contributed by atoms with Crippen LogP contribution in [0.4, 0.5) is 0 Å². The summed E-state index contributed by atoms with van der Waals surface area (Å²) in [6.45, 7) is 24.7. The van der Waals surface area contributed by atoms with Crippen LogP contribution in [-0.4, -0.2) is 61.3 Å². The molecule has 0 amide bonds. The van der Waals surface area contributed by atoms with Crippen LogP contribution in [-0.2, 0) is 4.74 Å². The standard InChI is InChI=1S/C20H44N2O/c1-9-21(10-2)19(7)13-17(5)15-23-16-18(6)14-20(8)22(11-3)12-4/h17-20H,9-16H2,1-8H3. The molecule has 3 heteroatoms. The van der Waals surface area contributed by atoms with E-state index in [4.69, 9.17) is 4.74 Å². The second kappa shape index (κ2) is 13.2. The first-order chi connectivity index (χ1) is 10.9. The van der Waals surface area contributed by atoms with E-state index in [1.165, 1.54) is 12.8 Å². The summed E-state index contributed by atoms with van der Waals surface area (Å²) in [7, 11) is 0. The first-order valence-corrected chi connectivity index (χ1v) is 9.95. The summed E-state index contributed by atoms with van der Waals surface area (Å²) in [5.41, 5.74) is 0. The van der Waals surface area contributed by atoms with Crippen LogP contribution < -0.4 is 0 Å². The predicted octanol–water partition coefficient (Wildman–Crippen LogP) is 4.52. The zero-order valence-electron chi connectivity index (χ0n) is 17.3. The zero-order valence-corrected chi connectivity index (χ0v) is 17.3. The summed E-state index contributed by atoms with van der Waals surface area (Å²) < 4.78 is 6.02. The number of rotatable bonds is 14. The highest BCUT2D eigenvalue weighted by atomic mass is 16.5. The molecule has 0 saturated carbocycles. The van der Waals surface area contributed by atoms with Gasteiger partial charge in [0.2, 0.25) is 0 Å². The molecule has 0 aliphatic carbocycles. The molecular weight excluding hydrogens is 284 g/mol. The molecule has 4 atom stereocenters. The van der Waals surface area contributed by atoms with Gasteiger partial charge < -0.3 is 14.5 Å². The lowest BCUT2D eigenvalue weighted by Gasteiger charge is -2.29. The van der Waals surface area contributed by atoms with Gasteiger partial charge in [0.25, 0.3) is 0 Å². The van der Waals surface area contributed by atoms with E-state index in [0.29, 0.717) is 23.9 Å². The molecule has 23 heavy (non-hydrogen) atoms. The van der Waals surface area contributed by atoms with Crippen molar-refractivity contribution in [3.63, 3.8) is 0 Å². The van der Waals surface area contributed by atoms with Gasteiger partial charge in [-0.2, -0.15) is 0 Å². The van der Waals surface area contributed by atoms with E-state index in [1.807, 2.05) is 0 Å². The second-order valence-corrected chi connectivity index (χ2v) is 7.36. The van der Waals surface area contributed by atoms with E-state index in [2.05, 4.69) is 65.2 Å². The van der Waals surface area contributed by atoms with Gasteiger partial charge in [-0.15, -0.1) is 0 Å². The van der Waals surface area contributed by atoms with Crippen molar-refractivity contribution in [2.24, 2.45) is 11.8 Å². The monoisotopic (exact) mass is 328 g/mol. The van der Waals surface area contributed by atoms with Crippen molar-refractivity contribution in [1.82, 2.24) is 9.80 Å². The highest BCUT2D eigenvalue weighted by Gasteiger charge is 2.16. The van der Waals surface area contributed by atoms with Crippen molar-refractivity contribution in [3.8, 4) is 0 Å². The minimum atomic E-state index is 0.637. The highest BCUT2D eigenvalue weighted by molar-refractivity contribution is 4.70. The highest BCUT2D eigenvalue weighted by Crippen LogP contribution is 2.15. The molecule has 140 valence electrons. The van der Waals surface area contributed by atoms with Crippen LogP contribution in [0.5, 0.6) is 0 Å². The Morgan fingerprint density at radius 1 is 0.609 bits per heavy atom. The van der Waals surface area contributed by atoms with Gasteiger partial charge in [-0.05, 0) is 64.7 Å². The van der Waals surface area contributed by atoms with Crippen molar-refractivity contribution >= 4 is 0 Å². The minimum absolute atomic E-state index is 0.637. The molecule has 0 rings (SSSR count). The fourth-order valence-corrected chi connectivity index (χ4v) is 3.76. The first kappa shape index (κ1) is 22.9. The Labute approximate surface area is 146 Å². The Kier molecular flexibility index (Phi) is 13.1. The lowest BCUT2D eigenvalue weighted by Crippen LogP contribution is -2.35. The van der Waals surface area contributed by atoms with Crippen LogP contribution in [0, 0.1) is 11.8 Å². The van der Waals surface area contributed by atoms with Gasteiger partial charge in [-0.1, -0.05) is 41.5 Å². The molecule has 0 N–H and O–H groups in total. The molecule has 0 bridgehead atoms. The fourth-order valence-electron chi connectivity index (χ4n) is 3.76. The lowest BCUT2D eigenvalue weighted by atomic mass is 10.0. The second-order valence-electron chi connectivity index (χ2n) is 7.36. The Morgan fingerprint density at radius 2 is 0.913 bits per heavy atom. The van der Waals surface area contributed by atoms with Crippen LogP contribution >= 0.6 is 0 Å². The summed E-state index contributed by atoms with van der Waals surface area (Å²) in [5.74, 6) is 1.27. The molecule has 4 unspecified atom stereocenters. The van der Waals surface area contributed by atoms with E-state index in [-0.39, 0.29) is 0 Å². The average molecular weight is 329 g/mol. The van der Waals surface area contributed by atoms with Gasteiger partial charge in [0.1, 0.15) is 0 Å². The third-order valence-corrected chi connectivity index (χ3v) is 5.16. The molecule has 0 aromatic rings. The smallest absolute Gasteiger partial charge is 0.0492 e. The van der Waals surface area contributed by atoms with Crippen molar-refractivity contribution in [1.29, 1.82) is 0 Å². The summed E-state index contributed by atoms with van der Waals surface area (Å²) >= 11 is 0. The number of hydrogen-bond donors (Lipinski definition) is 0. The number of hydrogen-bond acceptors (Lipinski definition) is 3. The Bertz CT molecular complexity index is 238. The van der Waals surface area contributed by atoms with E-state index in [9.17, 15) is 0 Å². The predicted molar refractivity (Wildman–Crippen MR) is 103 cm³/mol. The van der Waals surface area contributed by atoms with Crippen LogP contribution in [0.15, 0.2) is 0 Å². The molecule has 0 spiro atoms. The maximum Gasteiger partial charge on any atom is 0.0492 e. The molecule has 0 radical (unpaired) electrons. The Hall–Kier alpha value is -0.120. The molecule has 0 heterocycles. The van der Waals surface area contributed by atoms with Crippen LogP contribution in [0.1, 0.15) is 68.2 Å². The largest absolute Gasteiger partial charge is 0.381 e. The average Bonchev–Trinajstić information content (AvgIpc) is 2.49. The Balaban J connectivity index is 3.96. The normalized spacial score (nSPS) is 17.5. The van der Waals surface area contributed by atoms with E-state index in [1.54, 1.807) is 0 Å². The minimum Gasteiger partial charge on any atom is -0.381 e. The van der Waals surface area contributed by atoms with Gasteiger partial charge in [-0.3, -0.25) is 0 Å². The summed E-state index contributed by atoms with van der Waals surface area (Å²) in [5, 5.41) is 0. The Morgan fingerprint density at radius 3 is 1.17 bits per heavy atom. The quantitative estimate of drug-likeness (QED) is 0.466. The third-order valence-electron chi connectivity index (χ3n) is 5.16. The fraction of sp³-hybridized carbons (Fsp3) is 1.00. The van der Waals surface area contributed by atoms with Gasteiger partial charge in [-0.25, -0.2) is 0 Å². The van der Waals surface area contributed by atoms with Crippen molar-refractivity contribution in [3.05, 3.63) is 0 Å². The maximum atomic E-state index is 6.02. The molecule has 0 aliphatic heterocycles. The molecule has 0 saturated heterocycles.